The van der Waals surface area contributed by atoms with E-state index in [-0.39, 0.29) is 12.5 Å². The molecule has 0 bridgehead atoms. The maximum absolute atomic E-state index is 11.1. The molecule has 0 rings (SSSR count). The highest BCUT2D eigenvalue weighted by Crippen LogP contribution is 1.94. The van der Waals surface area contributed by atoms with Gasteiger partial charge >= 0.3 is 5.97 Å². The van der Waals surface area contributed by atoms with E-state index < -0.39 is 11.5 Å². The molecule has 0 atom stereocenters. The van der Waals surface area contributed by atoms with Crippen molar-refractivity contribution in [3.8, 4) is 0 Å². The predicted molar refractivity (Wildman–Crippen MR) is 47.9 cm³/mol. The van der Waals surface area contributed by atoms with E-state index in [4.69, 9.17) is 5.73 Å². The van der Waals surface area contributed by atoms with Gasteiger partial charge in [0.1, 0.15) is 6.54 Å². The number of nitrogens with two attached hydrogens (primary N) is 1. The zero-order chi connectivity index (χ0) is 10.5. The van der Waals surface area contributed by atoms with Crippen LogP contribution in [0.3, 0.4) is 0 Å². The zero-order valence-electron chi connectivity index (χ0n) is 8.22. The molecule has 1 amide bonds. The van der Waals surface area contributed by atoms with Crippen molar-refractivity contribution in [1.82, 2.24) is 5.32 Å². The molecule has 5 nitrogen and oxygen atoms in total. The fourth-order valence-corrected chi connectivity index (χ4v) is 0.592. The average molecular weight is 188 g/mol. The Labute approximate surface area is 77.6 Å². The van der Waals surface area contributed by atoms with E-state index in [1.54, 1.807) is 20.8 Å². The molecular formula is C8H16N2O3. The lowest BCUT2D eigenvalue weighted by atomic mass is 10.1. The van der Waals surface area contributed by atoms with Crippen LogP contribution in [0.25, 0.3) is 0 Å². The second-order valence-electron chi connectivity index (χ2n) is 3.21. The van der Waals surface area contributed by atoms with Gasteiger partial charge in [-0.15, -0.1) is 0 Å². The molecular weight excluding hydrogens is 172 g/mol. The smallest absolute Gasteiger partial charge is 0.325 e. The second-order valence-corrected chi connectivity index (χ2v) is 3.21. The van der Waals surface area contributed by atoms with E-state index in [0.29, 0.717) is 6.61 Å². The van der Waals surface area contributed by atoms with Crippen LogP contribution in [-0.2, 0) is 14.3 Å². The first-order chi connectivity index (χ1) is 5.88. The highest BCUT2D eigenvalue weighted by Gasteiger charge is 2.21. The molecule has 0 unspecified atom stereocenters. The fourth-order valence-electron chi connectivity index (χ4n) is 0.592. The summed E-state index contributed by atoms with van der Waals surface area (Å²) in [5.74, 6) is -0.833. The van der Waals surface area contributed by atoms with Gasteiger partial charge in [0.25, 0.3) is 0 Å². The Balaban J connectivity index is 3.77. The predicted octanol–water partition coefficient (Wildman–Crippen LogP) is -0.597. The third kappa shape index (κ3) is 5.19. The van der Waals surface area contributed by atoms with Crippen molar-refractivity contribution >= 4 is 11.9 Å². The molecule has 0 aromatic carbocycles. The van der Waals surface area contributed by atoms with Crippen LogP contribution in [0.15, 0.2) is 0 Å². The number of nitrogens with one attached hydrogen (secondary N) is 1. The van der Waals surface area contributed by atoms with Gasteiger partial charge in [0, 0.05) is 0 Å². The van der Waals surface area contributed by atoms with Gasteiger partial charge in [-0.1, -0.05) is 0 Å². The lowest BCUT2D eigenvalue weighted by Gasteiger charge is -2.16. The molecule has 0 aliphatic heterocycles. The molecule has 13 heavy (non-hydrogen) atoms. The van der Waals surface area contributed by atoms with E-state index in [9.17, 15) is 9.59 Å². The largest absolute Gasteiger partial charge is 0.465 e. The van der Waals surface area contributed by atoms with E-state index in [0.717, 1.165) is 0 Å². The zero-order valence-corrected chi connectivity index (χ0v) is 8.22. The molecule has 0 saturated heterocycles. The molecule has 0 fully saturated rings. The minimum Gasteiger partial charge on any atom is -0.465 e. The Kier molecular flexibility index (Phi) is 4.40. The van der Waals surface area contributed by atoms with Gasteiger partial charge in [-0.05, 0) is 20.8 Å². The first kappa shape index (κ1) is 11.9. The van der Waals surface area contributed by atoms with Crippen LogP contribution in [0, 0.1) is 0 Å². The summed E-state index contributed by atoms with van der Waals surface area (Å²) in [5.41, 5.74) is 4.51. The molecule has 0 spiro atoms. The molecule has 5 heteroatoms. The van der Waals surface area contributed by atoms with Crippen LogP contribution in [-0.4, -0.2) is 30.6 Å². The topological polar surface area (TPSA) is 81.4 Å². The summed E-state index contributed by atoms with van der Waals surface area (Å²) >= 11 is 0. The Hall–Kier alpha value is -1.10. The number of esters is 1. The Bertz CT molecular complexity index is 196. The number of carbonyl (C=O) groups is 2. The second kappa shape index (κ2) is 4.81. The average Bonchev–Trinajstić information content (AvgIpc) is 1.99. The van der Waals surface area contributed by atoms with Crippen molar-refractivity contribution in [2.24, 2.45) is 5.73 Å². The third-order valence-corrected chi connectivity index (χ3v) is 1.28. The van der Waals surface area contributed by atoms with Crippen molar-refractivity contribution in [2.45, 2.75) is 26.3 Å². The number of hydrogen-bond donors (Lipinski definition) is 2. The van der Waals surface area contributed by atoms with Crippen LogP contribution < -0.4 is 11.1 Å². The number of rotatable bonds is 4. The molecule has 0 aromatic heterocycles. The van der Waals surface area contributed by atoms with Crippen molar-refractivity contribution in [1.29, 1.82) is 0 Å². The highest BCUT2D eigenvalue weighted by molar-refractivity contribution is 5.88. The summed E-state index contributed by atoms with van der Waals surface area (Å²) in [5, 5.41) is 2.37. The molecule has 0 aliphatic carbocycles. The monoisotopic (exact) mass is 188 g/mol. The highest BCUT2D eigenvalue weighted by atomic mass is 16.5. The van der Waals surface area contributed by atoms with Gasteiger partial charge in [0.15, 0.2) is 0 Å². The van der Waals surface area contributed by atoms with Crippen molar-refractivity contribution < 1.29 is 14.3 Å². The van der Waals surface area contributed by atoms with Gasteiger partial charge in [0.2, 0.25) is 5.91 Å². The molecule has 0 heterocycles. The maximum atomic E-state index is 11.1. The van der Waals surface area contributed by atoms with Crippen LogP contribution in [0.4, 0.5) is 0 Å². The molecule has 76 valence electrons. The number of hydrogen-bond acceptors (Lipinski definition) is 4. The van der Waals surface area contributed by atoms with Crippen LogP contribution in [0.2, 0.25) is 0 Å². The first-order valence-electron chi connectivity index (χ1n) is 4.10. The molecule has 0 saturated carbocycles. The van der Waals surface area contributed by atoms with E-state index >= 15 is 0 Å². The van der Waals surface area contributed by atoms with E-state index in [2.05, 4.69) is 10.1 Å². The Morgan fingerprint density at radius 3 is 2.38 bits per heavy atom. The number of carbonyl (C=O) groups excluding carboxylic acids is 2. The normalized spacial score (nSPS) is 10.8. The summed E-state index contributed by atoms with van der Waals surface area (Å²) in [6.07, 6.45) is 0. The summed E-state index contributed by atoms with van der Waals surface area (Å²) in [6.45, 7) is 5.00. The van der Waals surface area contributed by atoms with Gasteiger partial charge in [-0.3, -0.25) is 9.59 Å². The van der Waals surface area contributed by atoms with Gasteiger partial charge < -0.3 is 15.8 Å². The van der Waals surface area contributed by atoms with E-state index in [1.165, 1.54) is 0 Å². The summed E-state index contributed by atoms with van der Waals surface area (Å²) < 4.78 is 4.61. The van der Waals surface area contributed by atoms with Crippen LogP contribution in [0.1, 0.15) is 20.8 Å². The number of ether oxygens (including phenoxy) is 1. The lowest BCUT2D eigenvalue weighted by Crippen LogP contribution is -2.50. The SMILES string of the molecule is CCOC(=O)CNC(=O)C(C)(C)N. The van der Waals surface area contributed by atoms with Gasteiger partial charge in [-0.2, -0.15) is 0 Å². The molecule has 3 N–H and O–H groups in total. The van der Waals surface area contributed by atoms with Crippen molar-refractivity contribution in [3.63, 3.8) is 0 Å². The Morgan fingerprint density at radius 1 is 1.46 bits per heavy atom. The summed E-state index contributed by atoms with van der Waals surface area (Å²) in [4.78, 5) is 21.9. The van der Waals surface area contributed by atoms with Crippen LogP contribution >= 0.6 is 0 Å². The quantitative estimate of drug-likeness (QED) is 0.577. The minimum absolute atomic E-state index is 0.132. The maximum Gasteiger partial charge on any atom is 0.325 e. The minimum atomic E-state index is -0.966. The van der Waals surface area contributed by atoms with Gasteiger partial charge in [0.05, 0.1) is 12.1 Å². The number of amides is 1. The molecule has 0 radical (unpaired) electrons. The van der Waals surface area contributed by atoms with Crippen molar-refractivity contribution in [3.05, 3.63) is 0 Å². The molecule has 0 aromatic rings. The lowest BCUT2D eigenvalue weighted by molar-refractivity contribution is -0.143. The van der Waals surface area contributed by atoms with Crippen LogP contribution in [0.5, 0.6) is 0 Å². The standard InChI is InChI=1S/C8H16N2O3/c1-4-13-6(11)5-10-7(12)8(2,3)9/h4-5,9H2,1-3H3,(H,10,12). The Morgan fingerprint density at radius 2 is 2.00 bits per heavy atom. The summed E-state index contributed by atoms with van der Waals surface area (Å²) in [6, 6.07) is 0. The third-order valence-electron chi connectivity index (χ3n) is 1.28. The fraction of sp³-hybridized carbons (Fsp3) is 0.750. The summed E-state index contributed by atoms with van der Waals surface area (Å²) in [7, 11) is 0. The molecule has 0 aliphatic rings. The first-order valence-corrected chi connectivity index (χ1v) is 4.10. The van der Waals surface area contributed by atoms with Crippen molar-refractivity contribution in [2.75, 3.05) is 13.2 Å². The van der Waals surface area contributed by atoms with Gasteiger partial charge in [-0.25, -0.2) is 0 Å². The van der Waals surface area contributed by atoms with E-state index in [1.807, 2.05) is 0 Å².